The third-order valence-corrected chi connectivity index (χ3v) is 4.74. The summed E-state index contributed by atoms with van der Waals surface area (Å²) < 4.78 is 0. The van der Waals surface area contributed by atoms with Crippen molar-refractivity contribution in [2.75, 3.05) is 25.0 Å². The Balaban J connectivity index is 1.53. The van der Waals surface area contributed by atoms with Gasteiger partial charge >= 0.3 is 6.03 Å². The van der Waals surface area contributed by atoms with E-state index < -0.39 is 18.0 Å². The zero-order chi connectivity index (χ0) is 17.8. The molecule has 7 heteroatoms. The molecule has 2 aliphatic heterocycles. The van der Waals surface area contributed by atoms with Crippen LogP contribution in [0.15, 0.2) is 24.3 Å². The van der Waals surface area contributed by atoms with Crippen molar-refractivity contribution in [3.8, 4) is 0 Å². The summed E-state index contributed by atoms with van der Waals surface area (Å²) in [6, 6.07) is 6.96. The average molecular weight is 344 g/mol. The lowest BCUT2D eigenvalue weighted by Crippen LogP contribution is -2.36. The zero-order valence-electron chi connectivity index (χ0n) is 14.5. The number of piperidine rings is 1. The van der Waals surface area contributed by atoms with Gasteiger partial charge < -0.3 is 15.1 Å². The van der Waals surface area contributed by atoms with Gasteiger partial charge in [-0.15, -0.1) is 0 Å². The normalized spacial score (nSPS) is 20.2. The van der Waals surface area contributed by atoms with E-state index in [1.807, 2.05) is 12.1 Å². The number of hydrogen-bond acceptors (Lipinski definition) is 4. The number of nitrogens with one attached hydrogen (secondary N) is 2. The highest BCUT2D eigenvalue weighted by Gasteiger charge is 2.32. The Kier molecular flexibility index (Phi) is 5.21. The van der Waals surface area contributed by atoms with Crippen LogP contribution in [0.3, 0.4) is 0 Å². The topological polar surface area (TPSA) is 81.8 Å². The molecule has 0 spiro atoms. The molecule has 2 fully saturated rings. The molecule has 0 aromatic heterocycles. The largest absolute Gasteiger partial charge is 0.372 e. The second-order valence-electron chi connectivity index (χ2n) is 6.68. The summed E-state index contributed by atoms with van der Waals surface area (Å²) in [5.74, 6) is -0.625. The van der Waals surface area contributed by atoms with Crippen LogP contribution in [-0.4, -0.2) is 48.9 Å². The molecular weight excluding hydrogens is 320 g/mol. The van der Waals surface area contributed by atoms with Gasteiger partial charge in [0.15, 0.2) is 0 Å². The van der Waals surface area contributed by atoms with Gasteiger partial charge in [-0.25, -0.2) is 4.79 Å². The number of rotatable bonds is 5. The van der Waals surface area contributed by atoms with Crippen LogP contribution in [0.1, 0.15) is 31.2 Å². The first kappa shape index (κ1) is 17.3. The van der Waals surface area contributed by atoms with E-state index in [2.05, 4.69) is 27.7 Å². The third-order valence-electron chi connectivity index (χ3n) is 4.74. The van der Waals surface area contributed by atoms with E-state index in [9.17, 15) is 14.4 Å². The van der Waals surface area contributed by atoms with Crippen LogP contribution in [0, 0.1) is 0 Å². The lowest BCUT2D eigenvalue weighted by atomic mass is 10.1. The van der Waals surface area contributed by atoms with Crippen molar-refractivity contribution in [2.24, 2.45) is 0 Å². The predicted molar refractivity (Wildman–Crippen MR) is 94.1 cm³/mol. The molecule has 4 amide bonds. The molecule has 0 saturated carbocycles. The molecule has 0 aliphatic carbocycles. The van der Waals surface area contributed by atoms with Crippen LogP contribution in [0.4, 0.5) is 10.5 Å². The smallest absolute Gasteiger partial charge is 0.322 e. The molecule has 0 radical (unpaired) electrons. The fourth-order valence-electron chi connectivity index (χ4n) is 3.26. The zero-order valence-corrected chi connectivity index (χ0v) is 14.5. The number of carbonyl (C=O) groups is 3. The van der Waals surface area contributed by atoms with Crippen LogP contribution in [0.5, 0.6) is 0 Å². The summed E-state index contributed by atoms with van der Waals surface area (Å²) in [5.41, 5.74) is 2.26. The third kappa shape index (κ3) is 4.29. The highest BCUT2D eigenvalue weighted by molar-refractivity contribution is 6.05. The molecule has 25 heavy (non-hydrogen) atoms. The lowest BCUT2D eigenvalue weighted by Gasteiger charge is -2.29. The average Bonchev–Trinajstić information content (AvgIpc) is 2.93. The van der Waals surface area contributed by atoms with Crippen molar-refractivity contribution in [3.05, 3.63) is 29.8 Å². The monoisotopic (exact) mass is 344 g/mol. The lowest BCUT2D eigenvalue weighted by molar-refractivity contribution is -0.133. The van der Waals surface area contributed by atoms with Crippen molar-refractivity contribution < 1.29 is 14.4 Å². The summed E-state index contributed by atoms with van der Waals surface area (Å²) >= 11 is 0. The van der Waals surface area contributed by atoms with E-state index in [0.717, 1.165) is 18.7 Å². The van der Waals surface area contributed by atoms with Crippen LogP contribution < -0.4 is 15.5 Å². The van der Waals surface area contributed by atoms with Crippen molar-refractivity contribution in [3.63, 3.8) is 0 Å². The molecule has 0 unspecified atom stereocenters. The van der Waals surface area contributed by atoms with Crippen molar-refractivity contribution in [1.29, 1.82) is 0 Å². The van der Waals surface area contributed by atoms with Crippen molar-refractivity contribution >= 4 is 23.5 Å². The fourth-order valence-corrected chi connectivity index (χ4v) is 3.26. The van der Waals surface area contributed by atoms with Gasteiger partial charge in [-0.3, -0.25) is 14.9 Å². The van der Waals surface area contributed by atoms with Crippen LogP contribution in [-0.2, 0) is 16.1 Å². The molecule has 1 aromatic carbocycles. The number of benzene rings is 1. The van der Waals surface area contributed by atoms with Crippen LogP contribution in [0.2, 0.25) is 0 Å². The molecule has 1 atom stereocenters. The summed E-state index contributed by atoms with van der Waals surface area (Å²) in [6.07, 6.45) is 3.76. The minimum absolute atomic E-state index is 0.0278. The predicted octanol–water partition coefficient (Wildman–Crippen LogP) is 1.23. The van der Waals surface area contributed by atoms with Crippen molar-refractivity contribution in [2.45, 2.75) is 38.3 Å². The minimum Gasteiger partial charge on any atom is -0.372 e. The Labute approximate surface area is 147 Å². The maximum absolute atomic E-state index is 12.3. The van der Waals surface area contributed by atoms with Crippen LogP contribution >= 0.6 is 0 Å². The standard InChI is InChI=1S/C18H24N4O3/c1-21(16(23)11-15-17(24)20-18(25)19-15)12-13-5-7-14(8-6-13)22-9-3-2-4-10-22/h5-8,15H,2-4,9-12H2,1H3,(H2,19,20,24,25)/t15-/m0/s1. The number of anilines is 1. The summed E-state index contributed by atoms with van der Waals surface area (Å²) in [4.78, 5) is 38.8. The molecule has 0 bridgehead atoms. The van der Waals surface area contributed by atoms with Crippen molar-refractivity contribution in [1.82, 2.24) is 15.5 Å². The van der Waals surface area contributed by atoms with Gasteiger partial charge in [-0.2, -0.15) is 0 Å². The quantitative estimate of drug-likeness (QED) is 0.787. The molecule has 2 saturated heterocycles. The molecule has 2 heterocycles. The molecule has 1 aromatic rings. The number of nitrogens with zero attached hydrogens (tertiary/aromatic N) is 2. The SMILES string of the molecule is CN(Cc1ccc(N2CCCCC2)cc1)C(=O)C[C@@H]1NC(=O)NC1=O. The Bertz CT molecular complexity index is 653. The van der Waals surface area contributed by atoms with Gasteiger partial charge in [0.25, 0.3) is 5.91 Å². The molecular formula is C18H24N4O3. The van der Waals surface area contributed by atoms with E-state index in [4.69, 9.17) is 0 Å². The number of hydrogen-bond donors (Lipinski definition) is 2. The number of urea groups is 1. The first-order valence-electron chi connectivity index (χ1n) is 8.72. The van der Waals surface area contributed by atoms with Gasteiger partial charge in [0.1, 0.15) is 6.04 Å². The van der Waals surface area contributed by atoms with Gasteiger partial charge in [0.2, 0.25) is 5.91 Å². The number of amides is 4. The minimum atomic E-state index is -0.774. The van der Waals surface area contributed by atoms with E-state index in [-0.39, 0.29) is 12.3 Å². The van der Waals surface area contributed by atoms with E-state index >= 15 is 0 Å². The maximum Gasteiger partial charge on any atom is 0.322 e. The molecule has 7 nitrogen and oxygen atoms in total. The summed E-state index contributed by atoms with van der Waals surface area (Å²) in [6.45, 7) is 2.68. The summed E-state index contributed by atoms with van der Waals surface area (Å²) in [7, 11) is 1.70. The second kappa shape index (κ2) is 7.55. The number of carbonyl (C=O) groups excluding carboxylic acids is 3. The number of imide groups is 1. The fraction of sp³-hybridized carbons (Fsp3) is 0.500. The molecule has 3 rings (SSSR count). The Hall–Kier alpha value is -2.57. The van der Waals surface area contributed by atoms with E-state index in [0.29, 0.717) is 6.54 Å². The van der Waals surface area contributed by atoms with Gasteiger partial charge in [-0.05, 0) is 37.0 Å². The van der Waals surface area contributed by atoms with Gasteiger partial charge in [0.05, 0.1) is 6.42 Å². The highest BCUT2D eigenvalue weighted by Crippen LogP contribution is 2.20. The summed E-state index contributed by atoms with van der Waals surface area (Å²) in [5, 5.41) is 4.58. The highest BCUT2D eigenvalue weighted by atomic mass is 16.2. The Morgan fingerprint density at radius 2 is 1.84 bits per heavy atom. The maximum atomic E-state index is 12.3. The molecule has 2 aliphatic rings. The van der Waals surface area contributed by atoms with Gasteiger partial charge in [-0.1, -0.05) is 12.1 Å². The first-order chi connectivity index (χ1) is 12.0. The molecule has 2 N–H and O–H groups in total. The Morgan fingerprint density at radius 1 is 1.16 bits per heavy atom. The second-order valence-corrected chi connectivity index (χ2v) is 6.68. The first-order valence-corrected chi connectivity index (χ1v) is 8.72. The van der Waals surface area contributed by atoms with Crippen LogP contribution in [0.25, 0.3) is 0 Å². The molecule has 134 valence electrons. The van der Waals surface area contributed by atoms with E-state index in [1.54, 1.807) is 11.9 Å². The van der Waals surface area contributed by atoms with E-state index in [1.165, 1.54) is 24.9 Å². The van der Waals surface area contributed by atoms with Gasteiger partial charge in [0, 0.05) is 32.4 Å². The Morgan fingerprint density at radius 3 is 2.44 bits per heavy atom.